The number of aryl methyl sites for hydroxylation is 1. The van der Waals surface area contributed by atoms with Gasteiger partial charge < -0.3 is 10.5 Å². The molecule has 0 spiro atoms. The van der Waals surface area contributed by atoms with E-state index < -0.39 is 4.92 Å². The van der Waals surface area contributed by atoms with Crippen molar-refractivity contribution < 1.29 is 9.66 Å². The first-order valence-electron chi connectivity index (χ1n) is 4.15. The molecule has 0 saturated carbocycles. The second-order valence-corrected chi connectivity index (χ2v) is 2.69. The van der Waals surface area contributed by atoms with Crippen molar-refractivity contribution in [1.29, 1.82) is 0 Å². The number of rotatable bonds is 5. The largest absolute Gasteiger partial charge is 0.475 e. The maximum atomic E-state index is 10.5. The van der Waals surface area contributed by atoms with E-state index >= 15 is 0 Å². The second kappa shape index (κ2) is 6.20. The predicted molar refractivity (Wildman–Crippen MR) is 56.4 cm³/mol. The maximum absolute atomic E-state index is 10.5. The molecule has 0 saturated heterocycles. The fourth-order valence-electron chi connectivity index (χ4n) is 1.03. The highest BCUT2D eigenvalue weighted by atomic mass is 35.5. The van der Waals surface area contributed by atoms with Crippen molar-refractivity contribution in [2.45, 2.75) is 13.0 Å². The van der Waals surface area contributed by atoms with Crippen molar-refractivity contribution in [3.8, 4) is 5.88 Å². The summed E-state index contributed by atoms with van der Waals surface area (Å²) in [6, 6.07) is 0. The highest BCUT2D eigenvalue weighted by Crippen LogP contribution is 2.23. The predicted octanol–water partition coefficient (Wildman–Crippen LogP) is 0.570. The number of hydrogen-bond acceptors (Lipinski definition) is 5. The van der Waals surface area contributed by atoms with Crippen LogP contribution >= 0.6 is 12.4 Å². The number of halogens is 1. The van der Waals surface area contributed by atoms with Crippen molar-refractivity contribution in [2.24, 2.45) is 5.73 Å². The first kappa shape index (κ1) is 13.7. The molecule has 0 unspecified atom stereocenters. The Morgan fingerprint density at radius 3 is 2.80 bits per heavy atom. The Bertz CT molecular complexity index is 328. The van der Waals surface area contributed by atoms with Crippen LogP contribution in [-0.4, -0.2) is 28.4 Å². The average Bonchev–Trinajstić information content (AvgIpc) is 2.57. The van der Waals surface area contributed by atoms with Crippen LogP contribution in [0, 0.1) is 10.1 Å². The van der Waals surface area contributed by atoms with Gasteiger partial charge in [-0.3, -0.25) is 14.8 Å². The first-order chi connectivity index (χ1) is 6.69. The molecule has 2 N–H and O–H groups in total. The number of aromatic nitrogens is 2. The number of hydrogen-bond donors (Lipinski definition) is 1. The van der Waals surface area contributed by atoms with Crippen LogP contribution in [-0.2, 0) is 6.54 Å². The van der Waals surface area contributed by atoms with Crippen molar-refractivity contribution in [2.75, 3.05) is 13.7 Å². The molecule has 0 bridgehead atoms. The Labute approximate surface area is 92.8 Å². The van der Waals surface area contributed by atoms with Crippen LogP contribution < -0.4 is 10.5 Å². The lowest BCUT2D eigenvalue weighted by atomic mass is 10.4. The van der Waals surface area contributed by atoms with Crippen LogP contribution in [0.3, 0.4) is 0 Å². The molecule has 15 heavy (non-hydrogen) atoms. The molecule has 0 atom stereocenters. The minimum atomic E-state index is -0.523. The molecule has 1 aromatic heterocycles. The van der Waals surface area contributed by atoms with E-state index in [1.165, 1.54) is 18.0 Å². The Balaban J connectivity index is 0.00000196. The minimum absolute atomic E-state index is 0. The molecule has 0 amide bonds. The number of nitrogens with two attached hydrogens (primary N) is 1. The summed E-state index contributed by atoms with van der Waals surface area (Å²) in [5.74, 6) is 0.0343. The summed E-state index contributed by atoms with van der Waals surface area (Å²) in [5.41, 5.74) is 5.19. The zero-order valence-corrected chi connectivity index (χ0v) is 9.07. The van der Waals surface area contributed by atoms with Gasteiger partial charge in [-0.05, 0) is 13.0 Å². The lowest BCUT2D eigenvalue weighted by Gasteiger charge is -1.96. The topological polar surface area (TPSA) is 96.2 Å². The van der Waals surface area contributed by atoms with E-state index in [1.807, 2.05) is 0 Å². The molecule has 1 aromatic rings. The van der Waals surface area contributed by atoms with Gasteiger partial charge in [0.15, 0.2) is 0 Å². The number of methoxy groups -OCH3 is 1. The molecule has 0 radical (unpaired) electrons. The third kappa shape index (κ3) is 3.37. The Hall–Kier alpha value is -1.34. The van der Waals surface area contributed by atoms with Gasteiger partial charge in [0.1, 0.15) is 6.20 Å². The third-order valence-corrected chi connectivity index (χ3v) is 1.69. The normalized spacial score (nSPS) is 9.47. The van der Waals surface area contributed by atoms with E-state index in [0.717, 1.165) is 6.42 Å². The smallest absolute Gasteiger partial charge is 0.350 e. The summed E-state index contributed by atoms with van der Waals surface area (Å²) in [4.78, 5) is 9.99. The summed E-state index contributed by atoms with van der Waals surface area (Å²) in [7, 11) is 1.35. The molecular formula is C7H13ClN4O3. The molecule has 0 aliphatic carbocycles. The molecule has 1 rings (SSSR count). The standard InChI is InChI=1S/C7H12N4O3.ClH/c1-14-7-6(11(12)13)5-10(9-7)4-2-3-8;/h5H,2-4,8H2,1H3;1H. The Morgan fingerprint density at radius 2 is 2.40 bits per heavy atom. The van der Waals surface area contributed by atoms with Gasteiger partial charge in [-0.2, -0.15) is 0 Å². The van der Waals surface area contributed by atoms with Crippen molar-refractivity contribution >= 4 is 18.1 Å². The lowest BCUT2D eigenvalue weighted by molar-refractivity contribution is -0.385. The minimum Gasteiger partial charge on any atom is -0.475 e. The maximum Gasteiger partial charge on any atom is 0.350 e. The van der Waals surface area contributed by atoms with Crippen molar-refractivity contribution in [1.82, 2.24) is 9.78 Å². The quantitative estimate of drug-likeness (QED) is 0.596. The van der Waals surface area contributed by atoms with Crippen molar-refractivity contribution in [3.63, 3.8) is 0 Å². The third-order valence-electron chi connectivity index (χ3n) is 1.69. The van der Waals surface area contributed by atoms with Gasteiger partial charge in [0, 0.05) is 6.54 Å². The molecule has 0 fully saturated rings. The molecular weight excluding hydrogens is 224 g/mol. The van der Waals surface area contributed by atoms with E-state index in [4.69, 9.17) is 10.5 Å². The number of nitrogens with zero attached hydrogens (tertiary/aromatic N) is 3. The van der Waals surface area contributed by atoms with E-state index in [9.17, 15) is 10.1 Å². The molecule has 1 heterocycles. The number of ether oxygens (including phenoxy) is 1. The van der Waals surface area contributed by atoms with Gasteiger partial charge in [0.25, 0.3) is 0 Å². The summed E-state index contributed by atoms with van der Waals surface area (Å²) >= 11 is 0. The Morgan fingerprint density at radius 1 is 1.73 bits per heavy atom. The molecule has 8 heteroatoms. The summed E-state index contributed by atoms with van der Waals surface area (Å²) in [6.45, 7) is 1.08. The Kier molecular flexibility index (Phi) is 5.65. The van der Waals surface area contributed by atoms with Gasteiger partial charge in [-0.25, -0.2) is 0 Å². The zero-order valence-electron chi connectivity index (χ0n) is 8.25. The van der Waals surface area contributed by atoms with Gasteiger partial charge in [-0.15, -0.1) is 17.5 Å². The summed E-state index contributed by atoms with van der Waals surface area (Å²) < 4.78 is 6.22. The molecule has 0 aliphatic heterocycles. The molecule has 0 aliphatic rings. The highest BCUT2D eigenvalue weighted by Gasteiger charge is 2.19. The van der Waals surface area contributed by atoms with Crippen LogP contribution in [0.5, 0.6) is 5.88 Å². The van der Waals surface area contributed by atoms with E-state index in [0.29, 0.717) is 13.1 Å². The average molecular weight is 237 g/mol. The van der Waals surface area contributed by atoms with Crippen LogP contribution in [0.4, 0.5) is 5.69 Å². The van der Waals surface area contributed by atoms with Gasteiger partial charge in [-0.1, -0.05) is 0 Å². The van der Waals surface area contributed by atoms with Crippen LogP contribution in [0.2, 0.25) is 0 Å². The lowest BCUT2D eigenvalue weighted by Crippen LogP contribution is -2.06. The molecule has 0 aromatic carbocycles. The first-order valence-corrected chi connectivity index (χ1v) is 4.15. The van der Waals surface area contributed by atoms with Crippen LogP contribution in [0.1, 0.15) is 6.42 Å². The highest BCUT2D eigenvalue weighted by molar-refractivity contribution is 5.85. The number of nitro groups is 1. The van der Waals surface area contributed by atoms with Crippen molar-refractivity contribution in [3.05, 3.63) is 16.3 Å². The van der Waals surface area contributed by atoms with Gasteiger partial charge in [0.05, 0.1) is 12.0 Å². The fourth-order valence-corrected chi connectivity index (χ4v) is 1.03. The van der Waals surface area contributed by atoms with Crippen LogP contribution in [0.15, 0.2) is 6.20 Å². The summed E-state index contributed by atoms with van der Waals surface area (Å²) in [6.07, 6.45) is 2.07. The second-order valence-electron chi connectivity index (χ2n) is 2.69. The molecule has 7 nitrogen and oxygen atoms in total. The van der Waals surface area contributed by atoms with Gasteiger partial charge in [0.2, 0.25) is 0 Å². The SMILES string of the molecule is COc1nn(CCCN)cc1[N+](=O)[O-].Cl. The van der Waals surface area contributed by atoms with Gasteiger partial charge >= 0.3 is 11.6 Å². The van der Waals surface area contributed by atoms with Crippen LogP contribution in [0.25, 0.3) is 0 Å². The summed E-state index contributed by atoms with van der Waals surface area (Å²) in [5, 5.41) is 14.4. The van der Waals surface area contributed by atoms with E-state index in [-0.39, 0.29) is 24.0 Å². The zero-order chi connectivity index (χ0) is 10.6. The van der Waals surface area contributed by atoms with E-state index in [2.05, 4.69) is 5.10 Å². The fraction of sp³-hybridized carbons (Fsp3) is 0.571. The van der Waals surface area contributed by atoms with E-state index in [1.54, 1.807) is 0 Å². The monoisotopic (exact) mass is 236 g/mol. The molecule has 86 valence electrons.